The third-order valence-corrected chi connectivity index (χ3v) is 5.41. The maximum Gasteiger partial charge on any atom is 0.416 e. The number of carbonyl (C=O) groups excluding carboxylic acids is 1. The van der Waals surface area contributed by atoms with Gasteiger partial charge in [0.15, 0.2) is 0 Å². The number of carbonyl (C=O) groups is 1. The summed E-state index contributed by atoms with van der Waals surface area (Å²) in [6.45, 7) is 0. The van der Waals surface area contributed by atoms with Crippen LogP contribution in [-0.2, 0) is 11.9 Å². The lowest BCUT2D eigenvalue weighted by molar-refractivity contribution is -0.137. The average molecular weight is 410 g/mol. The summed E-state index contributed by atoms with van der Waals surface area (Å²) in [4.78, 5) is 15.8. The second kappa shape index (κ2) is 7.97. The predicted molar refractivity (Wildman–Crippen MR) is 99.2 cm³/mol. The van der Waals surface area contributed by atoms with Gasteiger partial charge in [0, 0.05) is 11.9 Å². The number of halogens is 3. The summed E-state index contributed by atoms with van der Waals surface area (Å²) < 4.78 is 42.1. The Morgan fingerprint density at radius 1 is 1.22 bits per heavy atom. The zero-order chi connectivity index (χ0) is 19.4. The van der Waals surface area contributed by atoms with Crippen LogP contribution in [0.2, 0.25) is 0 Å². The predicted octanol–water partition coefficient (Wildman–Crippen LogP) is 4.69. The minimum absolute atomic E-state index is 0.251. The van der Waals surface area contributed by atoms with Gasteiger partial charge in [-0.05, 0) is 41.4 Å². The molecule has 140 valence electrons. The van der Waals surface area contributed by atoms with Gasteiger partial charge < -0.3 is 11.1 Å². The Morgan fingerprint density at radius 2 is 1.96 bits per heavy atom. The molecule has 27 heavy (non-hydrogen) atoms. The number of thioether (sulfide) groups is 1. The Balaban J connectivity index is 1.74. The van der Waals surface area contributed by atoms with Gasteiger partial charge in [0.05, 0.1) is 17.4 Å². The van der Waals surface area contributed by atoms with E-state index in [0.29, 0.717) is 27.0 Å². The number of pyridine rings is 1. The SMILES string of the molecule is NC(=O)c1c(SCc2ccc(C(F)(F)F)cc2)nsc1Nc1cccnc1. The van der Waals surface area contributed by atoms with Crippen LogP contribution in [0.25, 0.3) is 0 Å². The molecule has 0 saturated carbocycles. The van der Waals surface area contributed by atoms with Crippen LogP contribution >= 0.6 is 23.3 Å². The highest BCUT2D eigenvalue weighted by Gasteiger charge is 2.30. The number of nitrogens with one attached hydrogen (secondary N) is 1. The monoisotopic (exact) mass is 410 g/mol. The van der Waals surface area contributed by atoms with Crippen molar-refractivity contribution in [2.24, 2.45) is 5.73 Å². The van der Waals surface area contributed by atoms with E-state index in [1.54, 1.807) is 24.5 Å². The highest BCUT2D eigenvalue weighted by Crippen LogP contribution is 2.35. The van der Waals surface area contributed by atoms with Crippen molar-refractivity contribution in [3.8, 4) is 0 Å². The second-order valence-corrected chi connectivity index (χ2v) is 7.14. The Kier molecular flexibility index (Phi) is 5.66. The van der Waals surface area contributed by atoms with Crippen LogP contribution in [-0.4, -0.2) is 15.3 Å². The zero-order valence-electron chi connectivity index (χ0n) is 13.7. The number of benzene rings is 1. The lowest BCUT2D eigenvalue weighted by Gasteiger charge is -2.07. The largest absolute Gasteiger partial charge is 0.416 e. The van der Waals surface area contributed by atoms with E-state index in [2.05, 4.69) is 14.7 Å². The number of amides is 1. The topological polar surface area (TPSA) is 80.9 Å². The number of nitrogens with two attached hydrogens (primary N) is 1. The molecule has 0 radical (unpaired) electrons. The van der Waals surface area contributed by atoms with Gasteiger partial charge >= 0.3 is 6.18 Å². The number of hydrogen-bond donors (Lipinski definition) is 2. The summed E-state index contributed by atoms with van der Waals surface area (Å²) in [5.74, 6) is -0.279. The molecule has 3 rings (SSSR count). The fraction of sp³-hybridized carbons (Fsp3) is 0.118. The van der Waals surface area contributed by atoms with Crippen LogP contribution in [0.5, 0.6) is 0 Å². The van der Waals surface area contributed by atoms with Crippen LogP contribution in [0.3, 0.4) is 0 Å². The van der Waals surface area contributed by atoms with E-state index < -0.39 is 17.6 Å². The number of hydrogen-bond acceptors (Lipinski definition) is 6. The van der Waals surface area contributed by atoms with Crippen molar-refractivity contribution in [2.45, 2.75) is 17.0 Å². The van der Waals surface area contributed by atoms with Gasteiger partial charge in [0.2, 0.25) is 0 Å². The van der Waals surface area contributed by atoms with Crippen molar-refractivity contribution >= 4 is 39.9 Å². The Bertz CT molecular complexity index is 928. The zero-order valence-corrected chi connectivity index (χ0v) is 15.3. The van der Waals surface area contributed by atoms with E-state index in [1.807, 2.05) is 0 Å². The molecule has 0 saturated heterocycles. The van der Waals surface area contributed by atoms with E-state index in [-0.39, 0.29) is 5.56 Å². The molecule has 5 nitrogen and oxygen atoms in total. The Labute approximate surface area is 161 Å². The van der Waals surface area contributed by atoms with E-state index in [1.165, 1.54) is 23.9 Å². The first-order valence-electron chi connectivity index (χ1n) is 7.60. The minimum Gasteiger partial charge on any atom is -0.365 e. The van der Waals surface area contributed by atoms with Crippen molar-refractivity contribution in [2.75, 3.05) is 5.32 Å². The summed E-state index contributed by atoms with van der Waals surface area (Å²) in [6, 6.07) is 8.39. The van der Waals surface area contributed by atoms with Crippen LogP contribution in [0.15, 0.2) is 53.8 Å². The smallest absolute Gasteiger partial charge is 0.365 e. The highest BCUT2D eigenvalue weighted by atomic mass is 32.2. The molecule has 0 bridgehead atoms. The molecule has 3 N–H and O–H groups in total. The first-order chi connectivity index (χ1) is 12.8. The van der Waals surface area contributed by atoms with Gasteiger partial charge in [0.1, 0.15) is 15.6 Å². The van der Waals surface area contributed by atoms with Crippen molar-refractivity contribution in [1.29, 1.82) is 0 Å². The van der Waals surface area contributed by atoms with Crippen LogP contribution in [0, 0.1) is 0 Å². The van der Waals surface area contributed by atoms with Crippen molar-refractivity contribution < 1.29 is 18.0 Å². The molecular formula is C17H13F3N4OS2. The van der Waals surface area contributed by atoms with Crippen molar-refractivity contribution in [3.05, 3.63) is 65.5 Å². The molecular weight excluding hydrogens is 397 g/mol. The van der Waals surface area contributed by atoms with Gasteiger partial charge in [-0.3, -0.25) is 9.78 Å². The maximum absolute atomic E-state index is 12.6. The molecule has 0 aliphatic carbocycles. The number of primary amides is 1. The molecule has 0 unspecified atom stereocenters. The number of anilines is 2. The van der Waals surface area contributed by atoms with Crippen LogP contribution in [0.4, 0.5) is 23.9 Å². The van der Waals surface area contributed by atoms with Gasteiger partial charge in [-0.25, -0.2) is 0 Å². The molecule has 0 spiro atoms. The number of alkyl halides is 3. The molecule has 0 atom stereocenters. The lowest BCUT2D eigenvalue weighted by Crippen LogP contribution is -2.13. The highest BCUT2D eigenvalue weighted by molar-refractivity contribution is 7.98. The molecule has 0 fully saturated rings. The number of rotatable bonds is 6. The average Bonchev–Trinajstić information content (AvgIpc) is 3.03. The van der Waals surface area contributed by atoms with Crippen LogP contribution in [0.1, 0.15) is 21.5 Å². The summed E-state index contributed by atoms with van der Waals surface area (Å²) in [6.07, 6.45) is -1.15. The molecule has 0 aliphatic heterocycles. The quantitative estimate of drug-likeness (QED) is 0.576. The number of nitrogens with zero attached hydrogens (tertiary/aromatic N) is 2. The first-order valence-corrected chi connectivity index (χ1v) is 9.36. The fourth-order valence-electron chi connectivity index (χ4n) is 2.19. The van der Waals surface area contributed by atoms with Gasteiger partial charge in [-0.1, -0.05) is 23.9 Å². The van der Waals surface area contributed by atoms with Crippen LogP contribution < -0.4 is 11.1 Å². The van der Waals surface area contributed by atoms with E-state index >= 15 is 0 Å². The molecule has 1 aromatic carbocycles. The van der Waals surface area contributed by atoms with E-state index in [9.17, 15) is 18.0 Å². The molecule has 2 aromatic heterocycles. The van der Waals surface area contributed by atoms with Gasteiger partial charge in [-0.15, -0.1) is 0 Å². The molecule has 1 amide bonds. The van der Waals surface area contributed by atoms with E-state index in [0.717, 1.165) is 23.7 Å². The standard InChI is InChI=1S/C17H13F3N4OS2/c18-17(19,20)11-5-3-10(4-6-11)9-26-16-13(14(21)25)15(27-24-16)23-12-2-1-7-22-8-12/h1-8,23H,9H2,(H2,21,25). The Hall–Kier alpha value is -2.59. The molecule has 10 heteroatoms. The van der Waals surface area contributed by atoms with Crippen molar-refractivity contribution in [1.82, 2.24) is 9.36 Å². The third-order valence-electron chi connectivity index (χ3n) is 3.48. The van der Waals surface area contributed by atoms with Crippen molar-refractivity contribution in [3.63, 3.8) is 0 Å². The van der Waals surface area contributed by atoms with Gasteiger partial charge in [-0.2, -0.15) is 17.5 Å². The summed E-state index contributed by atoms with van der Waals surface area (Å²) >= 11 is 2.32. The maximum atomic E-state index is 12.6. The lowest BCUT2D eigenvalue weighted by atomic mass is 10.1. The molecule has 3 aromatic rings. The summed E-state index contributed by atoms with van der Waals surface area (Å²) in [5, 5.41) is 3.97. The Morgan fingerprint density at radius 3 is 2.56 bits per heavy atom. The fourth-order valence-corrected chi connectivity index (χ4v) is 4.13. The van der Waals surface area contributed by atoms with E-state index in [4.69, 9.17) is 5.73 Å². The normalized spacial score (nSPS) is 11.4. The molecule has 0 aliphatic rings. The first kappa shape index (κ1) is 19.2. The number of aromatic nitrogens is 2. The third kappa shape index (κ3) is 4.77. The minimum atomic E-state index is -4.37. The molecule has 2 heterocycles. The second-order valence-electron chi connectivity index (χ2n) is 5.41. The summed E-state index contributed by atoms with van der Waals surface area (Å²) in [7, 11) is 0. The summed E-state index contributed by atoms with van der Waals surface area (Å²) in [5.41, 5.74) is 6.39. The van der Waals surface area contributed by atoms with Gasteiger partial charge in [0.25, 0.3) is 5.91 Å².